The van der Waals surface area contributed by atoms with E-state index in [2.05, 4.69) is 208 Å². The van der Waals surface area contributed by atoms with Crippen LogP contribution in [0.1, 0.15) is 0 Å². The van der Waals surface area contributed by atoms with Crippen LogP contribution in [0.2, 0.25) is 0 Å². The molecule has 0 amide bonds. The third-order valence-corrected chi connectivity index (χ3v) is 13.6. The number of rotatable bonds is 7. The smallest absolute Gasteiger partial charge is 0.238 e. The van der Waals surface area contributed by atoms with Gasteiger partial charge in [0.05, 0.1) is 38.7 Å². The van der Waals surface area contributed by atoms with Gasteiger partial charge in [-0.15, -0.1) is 0 Å². The molecular formula is C63H38N6. The Hall–Kier alpha value is -9.57. The van der Waals surface area contributed by atoms with Crippen molar-refractivity contribution in [1.82, 2.24) is 28.7 Å². The highest BCUT2D eigenvalue weighted by Gasteiger charge is 2.22. The van der Waals surface area contributed by atoms with E-state index in [4.69, 9.17) is 15.0 Å². The van der Waals surface area contributed by atoms with Gasteiger partial charge in [-0.3, -0.25) is 4.57 Å². The Morgan fingerprint density at radius 1 is 0.304 bits per heavy atom. The maximum atomic E-state index is 5.10. The topological polar surface area (TPSA) is 53.5 Å². The van der Waals surface area contributed by atoms with E-state index < -0.39 is 0 Å². The molecule has 0 saturated heterocycles. The Labute approximate surface area is 397 Å². The van der Waals surface area contributed by atoms with Crippen molar-refractivity contribution in [1.29, 1.82) is 0 Å². The molecular weight excluding hydrogens is 841 g/mol. The zero-order valence-corrected chi connectivity index (χ0v) is 37.1. The maximum Gasteiger partial charge on any atom is 0.238 e. The summed E-state index contributed by atoms with van der Waals surface area (Å²) in [6.07, 6.45) is 0. The van der Waals surface area contributed by atoms with Crippen molar-refractivity contribution in [3.05, 3.63) is 243 Å². The standard InChI is InChI=1S/C63H38N6/c1-5-17-43(18-6-1)61-64-62(44-19-7-2-8-20-44)66-63(65-61)69-56-28-16-14-26-50(56)53-39-45(34-38-58(53)69)41-29-31-42(32-30-41)46-33-37-57-54(40-46)52-36-35-51-49-25-13-15-27-55(49)67(47-21-9-3-10-22-47)59(51)60(52)68(57)48-23-11-4-12-24-48/h1-7,9-19,21-40H. The lowest BCUT2D eigenvalue weighted by atomic mass is 9.98. The van der Waals surface area contributed by atoms with Crippen LogP contribution in [0.5, 0.6) is 0 Å². The van der Waals surface area contributed by atoms with Gasteiger partial charge < -0.3 is 9.13 Å². The fraction of sp³-hybridized carbons (Fsp3) is 0. The summed E-state index contributed by atoms with van der Waals surface area (Å²) in [6.45, 7) is 0. The highest BCUT2D eigenvalue weighted by Crippen LogP contribution is 2.43. The zero-order valence-electron chi connectivity index (χ0n) is 37.1. The van der Waals surface area contributed by atoms with E-state index in [0.717, 1.165) is 61.0 Å². The lowest BCUT2D eigenvalue weighted by Crippen LogP contribution is -2.06. The molecule has 0 atom stereocenters. The minimum Gasteiger partial charge on any atom is -0.307 e. The highest BCUT2D eigenvalue weighted by atomic mass is 15.2. The minimum absolute atomic E-state index is 0.545. The Kier molecular flexibility index (Phi) is 8.70. The summed E-state index contributed by atoms with van der Waals surface area (Å²) in [5.74, 6) is 1.69. The molecule has 0 fully saturated rings. The molecule has 10 aromatic carbocycles. The third kappa shape index (κ3) is 6.19. The Morgan fingerprint density at radius 3 is 1.36 bits per heavy atom. The molecule has 320 valence electrons. The van der Waals surface area contributed by atoms with Gasteiger partial charge in [-0.1, -0.05) is 170 Å². The molecule has 0 unspecified atom stereocenters. The summed E-state index contributed by atoms with van der Waals surface area (Å²) in [4.78, 5) is 15.1. The second-order valence-electron chi connectivity index (χ2n) is 17.5. The van der Waals surface area contributed by atoms with Gasteiger partial charge in [0.25, 0.3) is 0 Å². The van der Waals surface area contributed by atoms with Crippen LogP contribution in [-0.4, -0.2) is 28.7 Å². The van der Waals surface area contributed by atoms with Gasteiger partial charge in [0.2, 0.25) is 5.95 Å². The monoisotopic (exact) mass is 878 g/mol. The third-order valence-electron chi connectivity index (χ3n) is 13.6. The summed E-state index contributed by atoms with van der Waals surface area (Å²) in [6, 6.07) is 88.0. The molecule has 14 rings (SSSR count). The molecule has 0 bridgehead atoms. The van der Waals surface area contributed by atoms with Crippen molar-refractivity contribution >= 4 is 65.4 Å². The predicted octanol–water partition coefficient (Wildman–Crippen LogP) is 15.4. The summed E-state index contributed by atoms with van der Waals surface area (Å²) in [5, 5.41) is 7.15. The molecule has 0 N–H and O–H groups in total. The van der Waals surface area contributed by atoms with Gasteiger partial charge in [-0.25, -0.2) is 4.98 Å². The van der Waals surface area contributed by atoms with E-state index in [0.29, 0.717) is 17.6 Å². The van der Waals surface area contributed by atoms with E-state index >= 15 is 0 Å². The molecule has 14 aromatic rings. The zero-order chi connectivity index (χ0) is 45.4. The van der Waals surface area contributed by atoms with Crippen LogP contribution in [0.15, 0.2) is 231 Å². The quantitative estimate of drug-likeness (QED) is 0.160. The number of para-hydroxylation sites is 4. The molecule has 69 heavy (non-hydrogen) atoms. The molecule has 4 heterocycles. The van der Waals surface area contributed by atoms with Gasteiger partial charge in [0, 0.05) is 49.3 Å². The molecule has 0 radical (unpaired) electrons. The number of aromatic nitrogens is 6. The SMILES string of the molecule is c1cccc(-c2nc(-c3ccccc3)nc(-n3c4ccccc4c4cc(-c5ccc(-c6ccc7c(c6)c6ccc8c9ccccc9n(-c9ccccc9)c8c6n7-c6ccccc6)cc5)ccc43)n2)c#1. The van der Waals surface area contributed by atoms with Gasteiger partial charge >= 0.3 is 0 Å². The van der Waals surface area contributed by atoms with E-state index in [1.54, 1.807) is 0 Å². The number of hydrogen-bond acceptors (Lipinski definition) is 3. The summed E-state index contributed by atoms with van der Waals surface area (Å²) < 4.78 is 7.04. The van der Waals surface area contributed by atoms with Crippen LogP contribution in [0.3, 0.4) is 0 Å². The van der Waals surface area contributed by atoms with Crippen molar-refractivity contribution in [3.8, 4) is 62.4 Å². The molecule has 4 aromatic heterocycles. The molecule has 6 nitrogen and oxygen atoms in total. The normalized spacial score (nSPS) is 11.7. The van der Waals surface area contributed by atoms with Crippen LogP contribution < -0.4 is 0 Å². The number of hydrogen-bond donors (Lipinski definition) is 0. The molecule has 0 aliphatic heterocycles. The summed E-state index contributed by atoms with van der Waals surface area (Å²) in [5.41, 5.74) is 15.3. The first kappa shape index (κ1) is 38.7. The van der Waals surface area contributed by atoms with E-state index in [1.807, 2.05) is 48.5 Å². The van der Waals surface area contributed by atoms with Crippen LogP contribution in [0.25, 0.3) is 128 Å². The number of benzene rings is 9. The molecule has 0 saturated carbocycles. The second kappa shape index (κ2) is 15.5. The van der Waals surface area contributed by atoms with Crippen molar-refractivity contribution in [2.75, 3.05) is 0 Å². The van der Waals surface area contributed by atoms with Gasteiger partial charge in [0.1, 0.15) is 0 Å². The molecule has 0 spiro atoms. The van der Waals surface area contributed by atoms with Crippen LogP contribution >= 0.6 is 0 Å². The van der Waals surface area contributed by atoms with E-state index in [-0.39, 0.29) is 0 Å². The van der Waals surface area contributed by atoms with Gasteiger partial charge in [-0.05, 0) is 95.1 Å². The Bertz CT molecular complexity index is 4210. The maximum absolute atomic E-state index is 5.10. The molecule has 0 aliphatic carbocycles. The summed E-state index contributed by atoms with van der Waals surface area (Å²) >= 11 is 0. The van der Waals surface area contributed by atoms with Crippen molar-refractivity contribution in [2.45, 2.75) is 0 Å². The molecule has 6 heteroatoms. The van der Waals surface area contributed by atoms with Crippen molar-refractivity contribution < 1.29 is 0 Å². The van der Waals surface area contributed by atoms with Gasteiger partial charge in [0.15, 0.2) is 11.6 Å². The first-order chi connectivity index (χ1) is 34.2. The Morgan fingerprint density at radius 2 is 0.768 bits per heavy atom. The van der Waals surface area contributed by atoms with Crippen LogP contribution in [-0.2, 0) is 0 Å². The lowest BCUT2D eigenvalue weighted by molar-refractivity contribution is 0.953. The highest BCUT2D eigenvalue weighted by molar-refractivity contribution is 6.24. The largest absolute Gasteiger partial charge is 0.307 e. The van der Waals surface area contributed by atoms with E-state index in [9.17, 15) is 0 Å². The lowest BCUT2D eigenvalue weighted by Gasteiger charge is -2.12. The minimum atomic E-state index is 0.545. The summed E-state index contributed by atoms with van der Waals surface area (Å²) in [7, 11) is 0. The predicted molar refractivity (Wildman–Crippen MR) is 282 cm³/mol. The fourth-order valence-electron chi connectivity index (χ4n) is 10.4. The fourth-order valence-corrected chi connectivity index (χ4v) is 10.4. The molecule has 0 aliphatic rings. The van der Waals surface area contributed by atoms with Crippen LogP contribution in [0.4, 0.5) is 0 Å². The van der Waals surface area contributed by atoms with Gasteiger partial charge in [-0.2, -0.15) is 9.97 Å². The average Bonchev–Trinajstić information content (AvgIpc) is 4.07. The first-order valence-electron chi connectivity index (χ1n) is 23.2. The first-order valence-corrected chi connectivity index (χ1v) is 23.2. The van der Waals surface area contributed by atoms with Crippen molar-refractivity contribution in [3.63, 3.8) is 0 Å². The van der Waals surface area contributed by atoms with E-state index in [1.165, 1.54) is 49.2 Å². The van der Waals surface area contributed by atoms with Crippen LogP contribution in [0, 0.1) is 12.1 Å². The number of nitrogens with zero attached hydrogens (tertiary/aromatic N) is 6. The number of fused-ring (bicyclic) bond motifs is 10. The van der Waals surface area contributed by atoms with Crippen molar-refractivity contribution in [2.24, 2.45) is 0 Å². The second-order valence-corrected chi connectivity index (χ2v) is 17.5. The Balaban J connectivity index is 0.890. The average molecular weight is 879 g/mol.